The zero-order valence-corrected chi connectivity index (χ0v) is 15.5. The van der Waals surface area contributed by atoms with Crippen LogP contribution in [0.3, 0.4) is 0 Å². The molecule has 0 aromatic heterocycles. The van der Waals surface area contributed by atoms with Crippen LogP contribution in [0.2, 0.25) is 5.02 Å². The molecule has 0 aliphatic rings. The lowest BCUT2D eigenvalue weighted by Crippen LogP contribution is -2.14. The van der Waals surface area contributed by atoms with Crippen LogP contribution in [0.5, 0.6) is 5.75 Å². The quantitative estimate of drug-likeness (QED) is 0.559. The van der Waals surface area contributed by atoms with Crippen LogP contribution < -0.4 is 10.1 Å². The molecular weight excluding hydrogens is 402 g/mol. The van der Waals surface area contributed by atoms with Gasteiger partial charge in [-0.05, 0) is 51.8 Å². The van der Waals surface area contributed by atoms with Crippen molar-refractivity contribution in [3.8, 4) is 5.75 Å². The number of carbonyl (C=O) groups excluding carboxylic acids is 1. The number of rotatable bonds is 5. The van der Waals surface area contributed by atoms with Gasteiger partial charge in [-0.15, -0.1) is 0 Å². The van der Waals surface area contributed by atoms with E-state index in [1.807, 2.05) is 54.6 Å². The fourth-order valence-electron chi connectivity index (χ4n) is 2.29. The maximum atomic E-state index is 12.7. The Morgan fingerprint density at radius 1 is 1.00 bits per heavy atom. The van der Waals surface area contributed by atoms with Gasteiger partial charge in [-0.3, -0.25) is 4.79 Å². The summed E-state index contributed by atoms with van der Waals surface area (Å²) in [7, 11) is 0. The summed E-state index contributed by atoms with van der Waals surface area (Å²) >= 11 is 9.49. The Hall–Kier alpha value is -2.30. The summed E-state index contributed by atoms with van der Waals surface area (Å²) in [5, 5.41) is 3.34. The fourth-order valence-corrected chi connectivity index (χ4v) is 2.85. The van der Waals surface area contributed by atoms with Gasteiger partial charge in [-0.2, -0.15) is 0 Å². The third kappa shape index (κ3) is 4.62. The highest BCUT2D eigenvalue weighted by molar-refractivity contribution is 9.10. The number of nitrogens with one attached hydrogen (secondary N) is 1. The first-order chi connectivity index (χ1) is 12.1. The van der Waals surface area contributed by atoms with Crippen LogP contribution in [-0.2, 0) is 6.61 Å². The number of ether oxygens (including phenoxy) is 1. The second kappa shape index (κ2) is 8.19. The summed E-state index contributed by atoms with van der Waals surface area (Å²) in [6.07, 6.45) is 0. The molecule has 0 radical (unpaired) electrons. The number of carbonyl (C=O) groups is 1. The highest BCUT2D eigenvalue weighted by atomic mass is 79.9. The second-order valence-electron chi connectivity index (χ2n) is 5.35. The highest BCUT2D eigenvalue weighted by Gasteiger charge is 2.15. The number of halogens is 2. The van der Waals surface area contributed by atoms with Crippen molar-refractivity contribution in [1.82, 2.24) is 0 Å². The maximum absolute atomic E-state index is 12.7. The molecule has 3 aromatic carbocycles. The monoisotopic (exact) mass is 415 g/mol. The summed E-state index contributed by atoms with van der Waals surface area (Å²) in [5.74, 6) is 0.204. The fraction of sp³-hybridized carbons (Fsp3) is 0.0500. The molecule has 5 heteroatoms. The van der Waals surface area contributed by atoms with E-state index in [0.29, 0.717) is 28.6 Å². The average Bonchev–Trinajstić information content (AvgIpc) is 2.63. The van der Waals surface area contributed by atoms with Gasteiger partial charge < -0.3 is 10.1 Å². The van der Waals surface area contributed by atoms with E-state index >= 15 is 0 Å². The molecule has 0 fully saturated rings. The molecule has 0 aliphatic carbocycles. The van der Waals surface area contributed by atoms with E-state index in [9.17, 15) is 4.79 Å². The van der Waals surface area contributed by atoms with Crippen LogP contribution in [0.1, 0.15) is 15.9 Å². The second-order valence-corrected chi connectivity index (χ2v) is 6.64. The minimum absolute atomic E-state index is 0.280. The Labute approximate surface area is 159 Å². The van der Waals surface area contributed by atoms with Crippen LogP contribution in [0.4, 0.5) is 5.69 Å². The zero-order valence-electron chi connectivity index (χ0n) is 13.2. The molecule has 126 valence electrons. The van der Waals surface area contributed by atoms with E-state index < -0.39 is 0 Å². The molecule has 1 N–H and O–H groups in total. The van der Waals surface area contributed by atoms with E-state index in [4.69, 9.17) is 16.3 Å². The smallest absolute Gasteiger partial charge is 0.259 e. The molecule has 0 atom stereocenters. The summed E-state index contributed by atoms with van der Waals surface area (Å²) in [4.78, 5) is 12.7. The van der Waals surface area contributed by atoms with E-state index in [2.05, 4.69) is 21.2 Å². The van der Waals surface area contributed by atoms with Crippen LogP contribution in [0, 0.1) is 0 Å². The summed E-state index contributed by atoms with van der Waals surface area (Å²) in [6, 6.07) is 22.2. The Balaban J connectivity index is 1.81. The summed E-state index contributed by atoms with van der Waals surface area (Å²) in [6.45, 7) is 0.373. The standard InChI is InChI=1S/C20H15BrClNO2/c21-17-8-4-5-9-18(17)23-20(24)16-12-15(22)10-11-19(16)25-13-14-6-2-1-3-7-14/h1-12H,13H2,(H,23,24). The third-order valence-corrected chi connectivity index (χ3v) is 4.47. The van der Waals surface area contributed by atoms with Gasteiger partial charge in [0, 0.05) is 9.50 Å². The molecule has 0 saturated carbocycles. The van der Waals surface area contributed by atoms with Crippen LogP contribution in [-0.4, -0.2) is 5.91 Å². The SMILES string of the molecule is O=C(Nc1ccccc1Br)c1cc(Cl)ccc1OCc1ccccc1. The Kier molecular flexibility index (Phi) is 5.74. The van der Waals surface area contributed by atoms with Gasteiger partial charge in [-0.25, -0.2) is 0 Å². The van der Waals surface area contributed by atoms with Gasteiger partial charge in [0.15, 0.2) is 0 Å². The first-order valence-corrected chi connectivity index (χ1v) is 8.83. The topological polar surface area (TPSA) is 38.3 Å². The van der Waals surface area contributed by atoms with Crippen molar-refractivity contribution < 1.29 is 9.53 Å². The lowest BCUT2D eigenvalue weighted by molar-refractivity contribution is 0.102. The molecule has 3 rings (SSSR count). The molecule has 0 unspecified atom stereocenters. The summed E-state index contributed by atoms with van der Waals surface area (Å²) in [5.41, 5.74) is 2.09. The van der Waals surface area contributed by atoms with Crippen LogP contribution >= 0.6 is 27.5 Å². The molecule has 25 heavy (non-hydrogen) atoms. The third-order valence-electron chi connectivity index (χ3n) is 3.55. The number of anilines is 1. The molecule has 1 amide bonds. The Morgan fingerprint density at radius 2 is 1.72 bits per heavy atom. The van der Waals surface area contributed by atoms with Crippen molar-refractivity contribution in [2.24, 2.45) is 0 Å². The minimum atomic E-state index is -0.280. The van der Waals surface area contributed by atoms with Gasteiger partial charge >= 0.3 is 0 Å². The lowest BCUT2D eigenvalue weighted by Gasteiger charge is -2.13. The molecule has 0 aliphatic heterocycles. The minimum Gasteiger partial charge on any atom is -0.488 e. The van der Waals surface area contributed by atoms with Crippen molar-refractivity contribution in [3.05, 3.63) is 93.4 Å². The highest BCUT2D eigenvalue weighted by Crippen LogP contribution is 2.27. The molecule has 0 heterocycles. The van der Waals surface area contributed by atoms with E-state index in [1.54, 1.807) is 18.2 Å². The number of amides is 1. The van der Waals surface area contributed by atoms with E-state index in [0.717, 1.165) is 10.0 Å². The number of hydrogen-bond acceptors (Lipinski definition) is 2. The van der Waals surface area contributed by atoms with Crippen LogP contribution in [0.25, 0.3) is 0 Å². The van der Waals surface area contributed by atoms with Gasteiger partial charge in [-0.1, -0.05) is 54.1 Å². The van der Waals surface area contributed by atoms with Gasteiger partial charge in [0.2, 0.25) is 0 Å². The molecular formula is C20H15BrClNO2. The predicted molar refractivity (Wildman–Crippen MR) is 104 cm³/mol. The van der Waals surface area contributed by atoms with Gasteiger partial charge in [0.1, 0.15) is 12.4 Å². The number of hydrogen-bond donors (Lipinski definition) is 1. The van der Waals surface area contributed by atoms with Gasteiger partial charge in [0.25, 0.3) is 5.91 Å². The van der Waals surface area contributed by atoms with Crippen molar-refractivity contribution in [2.45, 2.75) is 6.61 Å². The first kappa shape index (κ1) is 17.5. The largest absolute Gasteiger partial charge is 0.488 e. The van der Waals surface area contributed by atoms with E-state index in [-0.39, 0.29) is 5.91 Å². The van der Waals surface area contributed by atoms with Crippen molar-refractivity contribution in [1.29, 1.82) is 0 Å². The molecule has 3 nitrogen and oxygen atoms in total. The van der Waals surface area contributed by atoms with Crippen molar-refractivity contribution in [3.63, 3.8) is 0 Å². The molecule has 0 saturated heterocycles. The Morgan fingerprint density at radius 3 is 2.48 bits per heavy atom. The van der Waals surface area contributed by atoms with Crippen molar-refractivity contribution in [2.75, 3.05) is 5.32 Å². The summed E-state index contributed by atoms with van der Waals surface area (Å²) < 4.78 is 6.64. The van der Waals surface area contributed by atoms with Crippen LogP contribution in [0.15, 0.2) is 77.3 Å². The first-order valence-electron chi connectivity index (χ1n) is 7.65. The van der Waals surface area contributed by atoms with E-state index in [1.165, 1.54) is 0 Å². The normalized spacial score (nSPS) is 10.3. The molecule has 3 aromatic rings. The maximum Gasteiger partial charge on any atom is 0.259 e. The predicted octanol–water partition coefficient (Wildman–Crippen LogP) is 5.93. The number of benzene rings is 3. The molecule has 0 bridgehead atoms. The number of para-hydroxylation sites is 1. The van der Waals surface area contributed by atoms with Gasteiger partial charge in [0.05, 0.1) is 11.3 Å². The lowest BCUT2D eigenvalue weighted by atomic mass is 10.1. The van der Waals surface area contributed by atoms with Crippen molar-refractivity contribution >= 4 is 39.1 Å². The Bertz CT molecular complexity index is 884. The molecule has 0 spiro atoms. The average molecular weight is 417 g/mol. The zero-order chi connectivity index (χ0) is 17.6.